The minimum Gasteiger partial charge on any atom is -0.466 e. The van der Waals surface area contributed by atoms with E-state index < -0.39 is 16.8 Å². The van der Waals surface area contributed by atoms with Crippen molar-refractivity contribution < 1.29 is 19.2 Å². The monoisotopic (exact) mass is 324 g/mol. The molecule has 7 nitrogen and oxygen atoms in total. The molecular formula is C14H13ClN2O5. The van der Waals surface area contributed by atoms with E-state index in [0.717, 1.165) is 0 Å². The molecule has 1 atom stereocenters. The number of nitro benzene ring substituents is 1. The molecule has 0 aliphatic carbocycles. The second-order valence-corrected chi connectivity index (χ2v) is 5.21. The quantitative estimate of drug-likeness (QED) is 0.522. The first-order valence-corrected chi connectivity index (χ1v) is 6.75. The Bertz CT molecular complexity index is 698. The molecule has 1 aliphatic rings. The van der Waals surface area contributed by atoms with Crippen LogP contribution < -0.4 is 5.32 Å². The first kappa shape index (κ1) is 16.0. The third-order valence-electron chi connectivity index (χ3n) is 3.44. The number of methoxy groups -OCH3 is 1. The van der Waals surface area contributed by atoms with Crippen LogP contribution in [0.25, 0.3) is 0 Å². The van der Waals surface area contributed by atoms with Crippen LogP contribution in [0.4, 0.5) is 5.69 Å². The first-order valence-electron chi connectivity index (χ1n) is 6.38. The van der Waals surface area contributed by atoms with E-state index in [-0.39, 0.29) is 28.6 Å². The summed E-state index contributed by atoms with van der Waals surface area (Å²) in [7, 11) is 1.24. The SMILES string of the molecule is COC(=O)C1=C(C)NC(=O)C[C@H]1c1ccc(Cl)c([N+](=O)[O-])c1. The highest BCUT2D eigenvalue weighted by molar-refractivity contribution is 6.32. The normalized spacial score (nSPS) is 18.0. The van der Waals surface area contributed by atoms with Gasteiger partial charge in [0.05, 0.1) is 17.6 Å². The van der Waals surface area contributed by atoms with E-state index in [1.807, 2.05) is 0 Å². The summed E-state index contributed by atoms with van der Waals surface area (Å²) in [5, 5.41) is 13.6. The van der Waals surface area contributed by atoms with Crippen molar-refractivity contribution in [3.8, 4) is 0 Å². The summed E-state index contributed by atoms with van der Waals surface area (Å²) in [6, 6.07) is 4.22. The second kappa shape index (κ2) is 6.15. The number of rotatable bonds is 3. The highest BCUT2D eigenvalue weighted by Gasteiger charge is 2.33. The largest absolute Gasteiger partial charge is 0.466 e. The number of allylic oxidation sites excluding steroid dienone is 1. The molecular weight excluding hydrogens is 312 g/mol. The number of nitro groups is 1. The Balaban J connectivity index is 2.55. The number of hydrogen-bond acceptors (Lipinski definition) is 5. The summed E-state index contributed by atoms with van der Waals surface area (Å²) in [4.78, 5) is 34.1. The van der Waals surface area contributed by atoms with Crippen LogP contribution in [0.3, 0.4) is 0 Å². The summed E-state index contributed by atoms with van der Waals surface area (Å²) in [5.74, 6) is -1.47. The predicted molar refractivity (Wildman–Crippen MR) is 78.3 cm³/mol. The van der Waals surface area contributed by atoms with Gasteiger partial charge in [-0.3, -0.25) is 14.9 Å². The molecule has 2 rings (SSSR count). The first-order chi connectivity index (χ1) is 10.3. The van der Waals surface area contributed by atoms with Gasteiger partial charge in [-0.1, -0.05) is 17.7 Å². The number of amides is 1. The lowest BCUT2D eigenvalue weighted by Crippen LogP contribution is -2.34. The summed E-state index contributed by atoms with van der Waals surface area (Å²) < 4.78 is 4.74. The van der Waals surface area contributed by atoms with Crippen LogP contribution >= 0.6 is 11.6 Å². The van der Waals surface area contributed by atoms with Gasteiger partial charge in [0, 0.05) is 24.1 Å². The van der Waals surface area contributed by atoms with Crippen LogP contribution in [-0.2, 0) is 14.3 Å². The van der Waals surface area contributed by atoms with E-state index in [1.165, 1.54) is 19.2 Å². The summed E-state index contributed by atoms with van der Waals surface area (Å²) in [6.45, 7) is 1.58. The van der Waals surface area contributed by atoms with Gasteiger partial charge in [0.25, 0.3) is 5.69 Å². The molecule has 1 heterocycles. The average Bonchev–Trinajstić information content (AvgIpc) is 2.46. The van der Waals surface area contributed by atoms with Gasteiger partial charge >= 0.3 is 5.97 Å². The zero-order chi connectivity index (χ0) is 16.4. The Labute approximate surface area is 131 Å². The molecule has 0 unspecified atom stereocenters. The van der Waals surface area contributed by atoms with E-state index in [0.29, 0.717) is 11.3 Å². The summed E-state index contributed by atoms with van der Waals surface area (Å²) in [5.41, 5.74) is 0.849. The Morgan fingerprint density at radius 3 is 2.77 bits per heavy atom. The van der Waals surface area contributed by atoms with Gasteiger partial charge in [0.1, 0.15) is 5.02 Å². The number of hydrogen-bond donors (Lipinski definition) is 1. The predicted octanol–water partition coefficient (Wildman–Crippen LogP) is 2.30. The number of carbonyl (C=O) groups is 2. The van der Waals surface area contributed by atoms with Gasteiger partial charge in [-0.2, -0.15) is 0 Å². The third-order valence-corrected chi connectivity index (χ3v) is 3.76. The number of halogens is 1. The van der Waals surface area contributed by atoms with Crippen molar-refractivity contribution in [1.82, 2.24) is 5.32 Å². The lowest BCUT2D eigenvalue weighted by molar-refractivity contribution is -0.384. The molecule has 1 aromatic rings. The van der Waals surface area contributed by atoms with Crippen LogP contribution in [0.2, 0.25) is 5.02 Å². The van der Waals surface area contributed by atoms with E-state index in [2.05, 4.69) is 5.32 Å². The molecule has 0 fully saturated rings. The van der Waals surface area contributed by atoms with E-state index >= 15 is 0 Å². The Kier molecular flexibility index (Phi) is 4.46. The van der Waals surface area contributed by atoms with Crippen molar-refractivity contribution in [2.75, 3.05) is 7.11 Å². The fraction of sp³-hybridized carbons (Fsp3) is 0.286. The molecule has 0 radical (unpaired) electrons. The number of ether oxygens (including phenoxy) is 1. The van der Waals surface area contributed by atoms with Gasteiger partial charge in [0.2, 0.25) is 5.91 Å². The minimum absolute atomic E-state index is 0.000556. The number of nitrogens with one attached hydrogen (secondary N) is 1. The van der Waals surface area contributed by atoms with Crippen LogP contribution in [-0.4, -0.2) is 23.9 Å². The Hall–Kier alpha value is -2.41. The fourth-order valence-electron chi connectivity index (χ4n) is 2.45. The van der Waals surface area contributed by atoms with Crippen molar-refractivity contribution in [3.05, 3.63) is 50.2 Å². The molecule has 1 amide bonds. The fourth-order valence-corrected chi connectivity index (χ4v) is 2.64. The third kappa shape index (κ3) is 2.94. The van der Waals surface area contributed by atoms with E-state index in [1.54, 1.807) is 13.0 Å². The molecule has 1 aliphatic heterocycles. The minimum atomic E-state index is -0.614. The van der Waals surface area contributed by atoms with Crippen molar-refractivity contribution in [3.63, 3.8) is 0 Å². The Morgan fingerprint density at radius 2 is 2.18 bits per heavy atom. The lowest BCUT2D eigenvalue weighted by Gasteiger charge is -2.26. The summed E-state index contributed by atoms with van der Waals surface area (Å²) >= 11 is 5.79. The Morgan fingerprint density at radius 1 is 1.50 bits per heavy atom. The maximum Gasteiger partial charge on any atom is 0.336 e. The highest BCUT2D eigenvalue weighted by atomic mass is 35.5. The molecule has 0 bridgehead atoms. The topological polar surface area (TPSA) is 98.5 Å². The van der Waals surface area contributed by atoms with Crippen LogP contribution in [0.5, 0.6) is 0 Å². The number of esters is 1. The van der Waals surface area contributed by atoms with Gasteiger partial charge < -0.3 is 10.1 Å². The van der Waals surface area contributed by atoms with Gasteiger partial charge in [0.15, 0.2) is 0 Å². The maximum absolute atomic E-state index is 12.0. The molecule has 22 heavy (non-hydrogen) atoms. The van der Waals surface area contributed by atoms with Crippen molar-refractivity contribution in [2.45, 2.75) is 19.3 Å². The molecule has 0 spiro atoms. The zero-order valence-electron chi connectivity index (χ0n) is 11.9. The molecule has 0 aromatic heterocycles. The van der Waals surface area contributed by atoms with Crippen LogP contribution in [0.15, 0.2) is 29.5 Å². The average molecular weight is 325 g/mol. The second-order valence-electron chi connectivity index (χ2n) is 4.80. The van der Waals surface area contributed by atoms with Gasteiger partial charge in [-0.15, -0.1) is 0 Å². The standard InChI is InChI=1S/C14H13ClN2O5/c1-7-13(14(19)22-2)9(6-12(18)16-7)8-3-4-10(15)11(5-8)17(20)21/h3-5,9H,6H2,1-2H3,(H,16,18)/t9-/m0/s1. The summed E-state index contributed by atoms with van der Waals surface area (Å²) in [6.07, 6.45) is 0.000556. The molecule has 1 N–H and O–H groups in total. The zero-order valence-corrected chi connectivity index (χ0v) is 12.6. The highest BCUT2D eigenvalue weighted by Crippen LogP contribution is 2.36. The smallest absolute Gasteiger partial charge is 0.336 e. The number of nitrogens with zero attached hydrogens (tertiary/aromatic N) is 1. The van der Waals surface area contributed by atoms with Crippen LogP contribution in [0, 0.1) is 10.1 Å². The van der Waals surface area contributed by atoms with E-state index in [4.69, 9.17) is 16.3 Å². The van der Waals surface area contributed by atoms with Crippen molar-refractivity contribution in [1.29, 1.82) is 0 Å². The van der Waals surface area contributed by atoms with E-state index in [9.17, 15) is 19.7 Å². The maximum atomic E-state index is 12.0. The molecule has 116 valence electrons. The van der Waals surface area contributed by atoms with Crippen molar-refractivity contribution in [2.24, 2.45) is 0 Å². The molecule has 1 aromatic carbocycles. The van der Waals surface area contributed by atoms with Gasteiger partial charge in [-0.25, -0.2) is 4.79 Å². The molecule has 0 saturated heterocycles. The van der Waals surface area contributed by atoms with Gasteiger partial charge in [-0.05, 0) is 18.6 Å². The molecule has 8 heteroatoms. The number of benzene rings is 1. The molecule has 0 saturated carbocycles. The van der Waals surface area contributed by atoms with Crippen molar-refractivity contribution >= 4 is 29.2 Å². The lowest BCUT2D eigenvalue weighted by atomic mass is 9.84. The number of carbonyl (C=O) groups excluding carboxylic acids is 2. The van der Waals surface area contributed by atoms with Crippen LogP contribution in [0.1, 0.15) is 24.8 Å².